The van der Waals surface area contributed by atoms with Crippen LogP contribution in [0, 0.1) is 5.92 Å². The van der Waals surface area contributed by atoms with E-state index in [9.17, 15) is 0 Å². The van der Waals surface area contributed by atoms with Crippen LogP contribution in [-0.4, -0.2) is 46.0 Å². The van der Waals surface area contributed by atoms with Crippen LogP contribution in [0.3, 0.4) is 0 Å². The summed E-state index contributed by atoms with van der Waals surface area (Å²) < 4.78 is 0. The summed E-state index contributed by atoms with van der Waals surface area (Å²) in [7, 11) is 0. The van der Waals surface area contributed by atoms with E-state index in [0.29, 0.717) is 11.5 Å². The summed E-state index contributed by atoms with van der Waals surface area (Å²) in [4.78, 5) is 15.3. The standard InChI is InChI=1S/C17H26N6/c1-13-6-10-23(11-7-13)9-3-2-8-19-16-14-4-5-15(18)22-17(14)21-12-20-16/h4-5,12-13H,2-3,6-11H2,1H3,(H3,18,19,20,21,22). The van der Waals surface area contributed by atoms with Crippen LogP contribution in [0.4, 0.5) is 11.6 Å². The highest BCUT2D eigenvalue weighted by Crippen LogP contribution is 2.19. The van der Waals surface area contributed by atoms with Crippen LogP contribution in [0.2, 0.25) is 0 Å². The number of nitrogen functional groups attached to an aromatic ring is 1. The average molecular weight is 314 g/mol. The molecule has 1 fully saturated rings. The number of unbranched alkanes of at least 4 members (excludes halogenated alkanes) is 1. The molecule has 0 aliphatic carbocycles. The first-order valence-corrected chi connectivity index (χ1v) is 8.56. The highest BCUT2D eigenvalue weighted by atomic mass is 15.1. The van der Waals surface area contributed by atoms with E-state index in [-0.39, 0.29) is 0 Å². The van der Waals surface area contributed by atoms with Crippen LogP contribution in [0.5, 0.6) is 0 Å². The minimum absolute atomic E-state index is 0.484. The van der Waals surface area contributed by atoms with Crippen LogP contribution in [0.1, 0.15) is 32.6 Å². The fourth-order valence-corrected chi connectivity index (χ4v) is 3.05. The van der Waals surface area contributed by atoms with E-state index in [1.807, 2.05) is 6.07 Å². The summed E-state index contributed by atoms with van der Waals surface area (Å²) in [5, 5.41) is 4.32. The molecule has 0 aromatic carbocycles. The van der Waals surface area contributed by atoms with Crippen LogP contribution >= 0.6 is 0 Å². The van der Waals surface area contributed by atoms with Crippen molar-refractivity contribution in [1.82, 2.24) is 19.9 Å². The van der Waals surface area contributed by atoms with Crippen LogP contribution < -0.4 is 11.1 Å². The van der Waals surface area contributed by atoms with E-state index < -0.39 is 0 Å². The average Bonchev–Trinajstić information content (AvgIpc) is 2.56. The molecule has 1 saturated heterocycles. The number of nitrogens with two attached hydrogens (primary N) is 1. The predicted molar refractivity (Wildman–Crippen MR) is 94.3 cm³/mol. The van der Waals surface area contributed by atoms with Crippen molar-refractivity contribution in [2.75, 3.05) is 37.2 Å². The Morgan fingerprint density at radius 2 is 2.04 bits per heavy atom. The maximum atomic E-state index is 5.70. The van der Waals surface area contributed by atoms with Gasteiger partial charge in [-0.05, 0) is 63.4 Å². The van der Waals surface area contributed by atoms with Crippen molar-refractivity contribution in [1.29, 1.82) is 0 Å². The molecule has 0 saturated carbocycles. The molecule has 3 N–H and O–H groups in total. The van der Waals surface area contributed by atoms with Crippen molar-refractivity contribution in [2.45, 2.75) is 32.6 Å². The Labute approximate surface area is 137 Å². The van der Waals surface area contributed by atoms with Gasteiger partial charge in [-0.2, -0.15) is 0 Å². The lowest BCUT2D eigenvalue weighted by molar-refractivity contribution is 0.190. The van der Waals surface area contributed by atoms with Crippen LogP contribution in [-0.2, 0) is 0 Å². The van der Waals surface area contributed by atoms with E-state index in [1.165, 1.54) is 45.2 Å². The van der Waals surface area contributed by atoms with E-state index in [4.69, 9.17) is 5.73 Å². The number of hydrogen-bond donors (Lipinski definition) is 2. The fourth-order valence-electron chi connectivity index (χ4n) is 3.05. The van der Waals surface area contributed by atoms with Crippen molar-refractivity contribution in [3.8, 4) is 0 Å². The first-order valence-electron chi connectivity index (χ1n) is 8.56. The first kappa shape index (κ1) is 15.9. The molecule has 0 atom stereocenters. The van der Waals surface area contributed by atoms with Gasteiger partial charge < -0.3 is 16.0 Å². The summed E-state index contributed by atoms with van der Waals surface area (Å²) >= 11 is 0. The fraction of sp³-hybridized carbons (Fsp3) is 0.588. The van der Waals surface area contributed by atoms with Gasteiger partial charge in [0.2, 0.25) is 0 Å². The third-order valence-corrected chi connectivity index (χ3v) is 4.59. The van der Waals surface area contributed by atoms with Crippen molar-refractivity contribution in [3.63, 3.8) is 0 Å². The zero-order chi connectivity index (χ0) is 16.1. The van der Waals surface area contributed by atoms with Crippen molar-refractivity contribution >= 4 is 22.7 Å². The number of anilines is 2. The number of fused-ring (bicyclic) bond motifs is 1. The zero-order valence-electron chi connectivity index (χ0n) is 13.8. The largest absolute Gasteiger partial charge is 0.384 e. The summed E-state index contributed by atoms with van der Waals surface area (Å²) in [5.41, 5.74) is 6.34. The molecule has 0 radical (unpaired) electrons. The monoisotopic (exact) mass is 314 g/mol. The molecule has 0 bridgehead atoms. The van der Waals surface area contributed by atoms with Gasteiger partial charge in [-0.1, -0.05) is 6.92 Å². The molecule has 0 unspecified atom stereocenters. The molecule has 124 valence electrons. The first-order chi connectivity index (χ1) is 11.2. The van der Waals surface area contributed by atoms with Gasteiger partial charge in [-0.25, -0.2) is 15.0 Å². The third-order valence-electron chi connectivity index (χ3n) is 4.59. The van der Waals surface area contributed by atoms with E-state index in [2.05, 4.69) is 32.1 Å². The number of piperidine rings is 1. The van der Waals surface area contributed by atoms with Gasteiger partial charge in [-0.3, -0.25) is 0 Å². The lowest BCUT2D eigenvalue weighted by Gasteiger charge is -2.30. The molecule has 1 aliphatic heterocycles. The number of nitrogens with one attached hydrogen (secondary N) is 1. The van der Waals surface area contributed by atoms with Crippen LogP contribution in [0.15, 0.2) is 18.5 Å². The van der Waals surface area contributed by atoms with Gasteiger partial charge in [0.05, 0.1) is 5.39 Å². The molecule has 3 heterocycles. The zero-order valence-corrected chi connectivity index (χ0v) is 13.8. The number of nitrogens with zero attached hydrogens (tertiary/aromatic N) is 4. The summed E-state index contributed by atoms with van der Waals surface area (Å²) in [6.45, 7) is 7.00. The number of rotatable bonds is 6. The molecule has 6 nitrogen and oxygen atoms in total. The quantitative estimate of drug-likeness (QED) is 0.798. The summed E-state index contributed by atoms with van der Waals surface area (Å²) in [5.74, 6) is 2.23. The molecule has 6 heteroatoms. The van der Waals surface area contributed by atoms with Gasteiger partial charge in [0.15, 0.2) is 5.65 Å². The molecule has 0 spiro atoms. The summed E-state index contributed by atoms with van der Waals surface area (Å²) in [6, 6.07) is 3.71. The predicted octanol–water partition coefficient (Wildman–Crippen LogP) is 2.53. The SMILES string of the molecule is CC1CCN(CCCCNc2ncnc3nc(N)ccc23)CC1. The molecular formula is C17H26N6. The molecular weight excluding hydrogens is 288 g/mol. The Bertz CT molecular complexity index is 636. The maximum Gasteiger partial charge on any atom is 0.166 e. The van der Waals surface area contributed by atoms with Gasteiger partial charge in [-0.15, -0.1) is 0 Å². The Kier molecular flexibility index (Phi) is 5.23. The van der Waals surface area contributed by atoms with Crippen molar-refractivity contribution < 1.29 is 0 Å². The highest BCUT2D eigenvalue weighted by Gasteiger charge is 2.14. The lowest BCUT2D eigenvalue weighted by Crippen LogP contribution is -2.33. The number of hydrogen-bond acceptors (Lipinski definition) is 6. The number of aromatic nitrogens is 3. The highest BCUT2D eigenvalue weighted by molar-refractivity contribution is 5.86. The third kappa shape index (κ3) is 4.28. The normalized spacial score (nSPS) is 16.7. The lowest BCUT2D eigenvalue weighted by atomic mass is 9.99. The Morgan fingerprint density at radius 1 is 1.22 bits per heavy atom. The topological polar surface area (TPSA) is 80.0 Å². The van der Waals surface area contributed by atoms with Gasteiger partial charge in [0.25, 0.3) is 0 Å². The molecule has 23 heavy (non-hydrogen) atoms. The number of pyridine rings is 1. The minimum atomic E-state index is 0.484. The second-order valence-corrected chi connectivity index (χ2v) is 6.49. The van der Waals surface area contributed by atoms with Crippen LogP contribution in [0.25, 0.3) is 11.0 Å². The Hall–Kier alpha value is -1.95. The maximum absolute atomic E-state index is 5.70. The Morgan fingerprint density at radius 3 is 2.87 bits per heavy atom. The Balaban J connectivity index is 1.44. The number of likely N-dealkylation sites (tertiary alicyclic amines) is 1. The molecule has 2 aromatic rings. The molecule has 0 amide bonds. The van der Waals surface area contributed by atoms with Gasteiger partial charge in [0.1, 0.15) is 18.0 Å². The van der Waals surface area contributed by atoms with Crippen molar-refractivity contribution in [2.24, 2.45) is 5.92 Å². The summed E-state index contributed by atoms with van der Waals surface area (Å²) in [6.07, 6.45) is 6.59. The molecule has 3 rings (SSSR count). The van der Waals surface area contributed by atoms with Crippen molar-refractivity contribution in [3.05, 3.63) is 18.5 Å². The minimum Gasteiger partial charge on any atom is -0.384 e. The van der Waals surface area contributed by atoms with Gasteiger partial charge in [0, 0.05) is 6.54 Å². The van der Waals surface area contributed by atoms with E-state index in [0.717, 1.165) is 30.1 Å². The van der Waals surface area contributed by atoms with E-state index >= 15 is 0 Å². The molecule has 2 aromatic heterocycles. The molecule has 1 aliphatic rings. The van der Waals surface area contributed by atoms with Gasteiger partial charge >= 0.3 is 0 Å². The van der Waals surface area contributed by atoms with E-state index in [1.54, 1.807) is 6.07 Å². The smallest absolute Gasteiger partial charge is 0.166 e. The second-order valence-electron chi connectivity index (χ2n) is 6.49. The second kappa shape index (κ2) is 7.55.